The number of aromatic nitrogens is 1. The molecule has 0 amide bonds. The monoisotopic (exact) mass is 253 g/mol. The Morgan fingerprint density at radius 2 is 1.84 bits per heavy atom. The van der Waals surface area contributed by atoms with Gasteiger partial charge in [-0.25, -0.2) is 4.98 Å². The average molecular weight is 253 g/mol. The second kappa shape index (κ2) is 4.57. The Morgan fingerprint density at radius 1 is 1.11 bits per heavy atom. The smallest absolute Gasteiger partial charge is 0.269 e. The molecule has 1 aromatic heterocycles. The van der Waals surface area contributed by atoms with Crippen molar-refractivity contribution in [1.29, 1.82) is 0 Å². The minimum atomic E-state index is -0.237. The lowest BCUT2D eigenvalue weighted by molar-refractivity contribution is 0.100. The lowest BCUT2D eigenvalue weighted by atomic mass is 10.1. The number of nitrogens with zero attached hydrogens (tertiary/aromatic N) is 1. The third-order valence-corrected chi connectivity index (χ3v) is 2.84. The third-order valence-electron chi connectivity index (χ3n) is 2.84. The number of ether oxygens (including phenoxy) is 1. The maximum absolute atomic E-state index is 12.2. The van der Waals surface area contributed by atoms with Gasteiger partial charge in [0.25, 0.3) is 5.89 Å². The van der Waals surface area contributed by atoms with Gasteiger partial charge in [-0.05, 0) is 36.4 Å². The molecule has 0 saturated carbocycles. The topological polar surface area (TPSA) is 52.3 Å². The van der Waals surface area contributed by atoms with E-state index in [-0.39, 0.29) is 11.7 Å². The van der Waals surface area contributed by atoms with Gasteiger partial charge in [-0.15, -0.1) is 0 Å². The largest absolute Gasteiger partial charge is 0.497 e. The first-order valence-corrected chi connectivity index (χ1v) is 5.82. The summed E-state index contributed by atoms with van der Waals surface area (Å²) in [7, 11) is 1.58. The number of rotatable bonds is 3. The summed E-state index contributed by atoms with van der Waals surface area (Å²) >= 11 is 0. The Balaban J connectivity index is 1.98. The van der Waals surface area contributed by atoms with Crippen LogP contribution in [0.3, 0.4) is 0 Å². The van der Waals surface area contributed by atoms with Crippen molar-refractivity contribution >= 4 is 16.9 Å². The first-order chi connectivity index (χ1) is 9.28. The maximum Gasteiger partial charge on any atom is 0.269 e. The fourth-order valence-corrected chi connectivity index (χ4v) is 1.84. The molecule has 0 bridgehead atoms. The molecule has 4 nitrogen and oxygen atoms in total. The van der Waals surface area contributed by atoms with Gasteiger partial charge in [-0.1, -0.05) is 12.1 Å². The fourth-order valence-electron chi connectivity index (χ4n) is 1.84. The van der Waals surface area contributed by atoms with Gasteiger partial charge in [0, 0.05) is 5.56 Å². The van der Waals surface area contributed by atoms with Gasteiger partial charge in [0.15, 0.2) is 5.58 Å². The molecule has 4 heteroatoms. The number of oxazole rings is 1. The predicted molar refractivity (Wildman–Crippen MR) is 70.4 cm³/mol. The van der Waals surface area contributed by atoms with E-state index in [0.29, 0.717) is 22.4 Å². The van der Waals surface area contributed by atoms with Gasteiger partial charge < -0.3 is 9.15 Å². The normalized spacial score (nSPS) is 10.6. The lowest BCUT2D eigenvalue weighted by Crippen LogP contribution is -2.01. The second-order valence-corrected chi connectivity index (χ2v) is 4.04. The summed E-state index contributed by atoms with van der Waals surface area (Å²) in [6.45, 7) is 0. The zero-order valence-electron chi connectivity index (χ0n) is 10.3. The van der Waals surface area contributed by atoms with Gasteiger partial charge in [-0.3, -0.25) is 4.79 Å². The molecule has 0 aliphatic heterocycles. The number of carbonyl (C=O) groups is 1. The van der Waals surface area contributed by atoms with E-state index in [0.717, 1.165) is 0 Å². The zero-order valence-corrected chi connectivity index (χ0v) is 10.3. The molecule has 1 heterocycles. The predicted octanol–water partition coefficient (Wildman–Crippen LogP) is 3.07. The quantitative estimate of drug-likeness (QED) is 0.673. The standard InChI is InChI=1S/C15H11NO3/c1-18-11-8-6-10(7-9-11)14(17)15-16-12-4-2-3-5-13(12)19-15/h2-9H,1H3. The number of fused-ring (bicyclic) bond motifs is 1. The first-order valence-electron chi connectivity index (χ1n) is 5.82. The van der Waals surface area contributed by atoms with Crippen molar-refractivity contribution in [2.45, 2.75) is 0 Å². The minimum absolute atomic E-state index is 0.103. The molecule has 3 rings (SSSR count). The van der Waals surface area contributed by atoms with Crippen molar-refractivity contribution in [2.75, 3.05) is 7.11 Å². The van der Waals surface area contributed by atoms with Crippen molar-refractivity contribution in [3.8, 4) is 5.75 Å². The van der Waals surface area contributed by atoms with Crippen LogP contribution in [0.5, 0.6) is 5.75 Å². The van der Waals surface area contributed by atoms with Crippen LogP contribution >= 0.6 is 0 Å². The number of para-hydroxylation sites is 2. The molecule has 3 aromatic rings. The van der Waals surface area contributed by atoms with Gasteiger partial charge >= 0.3 is 0 Å². The van der Waals surface area contributed by atoms with E-state index in [4.69, 9.17) is 9.15 Å². The highest BCUT2D eigenvalue weighted by Crippen LogP contribution is 2.19. The molecular weight excluding hydrogens is 242 g/mol. The van der Waals surface area contributed by atoms with E-state index in [1.54, 1.807) is 37.4 Å². The summed E-state index contributed by atoms with van der Waals surface area (Å²) < 4.78 is 10.5. The van der Waals surface area contributed by atoms with Gasteiger partial charge in [-0.2, -0.15) is 0 Å². The summed E-state index contributed by atoms with van der Waals surface area (Å²) in [5, 5.41) is 0. The minimum Gasteiger partial charge on any atom is -0.497 e. The Hall–Kier alpha value is -2.62. The number of hydrogen-bond donors (Lipinski definition) is 0. The van der Waals surface area contributed by atoms with E-state index in [9.17, 15) is 4.79 Å². The van der Waals surface area contributed by atoms with Crippen LogP contribution in [0, 0.1) is 0 Å². The first kappa shape index (κ1) is 11.5. The summed E-state index contributed by atoms with van der Waals surface area (Å²) in [6.07, 6.45) is 0. The summed E-state index contributed by atoms with van der Waals surface area (Å²) in [5.41, 5.74) is 1.81. The Kier molecular flexibility index (Phi) is 2.76. The highest BCUT2D eigenvalue weighted by atomic mass is 16.5. The molecule has 19 heavy (non-hydrogen) atoms. The van der Waals surface area contributed by atoms with Crippen molar-refractivity contribution in [2.24, 2.45) is 0 Å². The van der Waals surface area contributed by atoms with Crippen LogP contribution in [0.25, 0.3) is 11.1 Å². The molecule has 0 N–H and O–H groups in total. The van der Waals surface area contributed by atoms with Gasteiger partial charge in [0.1, 0.15) is 11.3 Å². The highest BCUT2D eigenvalue weighted by molar-refractivity contribution is 6.07. The van der Waals surface area contributed by atoms with Crippen LogP contribution in [-0.4, -0.2) is 17.9 Å². The molecular formula is C15H11NO3. The number of hydrogen-bond acceptors (Lipinski definition) is 4. The van der Waals surface area contributed by atoms with E-state index < -0.39 is 0 Å². The van der Waals surface area contributed by atoms with Crippen LogP contribution in [0.15, 0.2) is 52.9 Å². The Labute approximate surface area is 109 Å². The summed E-state index contributed by atoms with van der Waals surface area (Å²) in [4.78, 5) is 16.4. The second-order valence-electron chi connectivity index (χ2n) is 4.04. The number of benzene rings is 2. The van der Waals surface area contributed by atoms with Crippen LogP contribution in [0.2, 0.25) is 0 Å². The van der Waals surface area contributed by atoms with Crippen LogP contribution in [-0.2, 0) is 0 Å². The SMILES string of the molecule is COc1ccc(C(=O)c2nc3ccccc3o2)cc1. The van der Waals surface area contributed by atoms with Crippen LogP contribution in [0.1, 0.15) is 16.2 Å². The number of methoxy groups -OCH3 is 1. The summed E-state index contributed by atoms with van der Waals surface area (Å²) in [5.74, 6) is 0.569. The Morgan fingerprint density at radius 3 is 2.53 bits per heavy atom. The average Bonchev–Trinajstić information content (AvgIpc) is 2.90. The van der Waals surface area contributed by atoms with E-state index in [1.807, 2.05) is 18.2 Å². The number of carbonyl (C=O) groups excluding carboxylic acids is 1. The van der Waals surface area contributed by atoms with E-state index in [2.05, 4.69) is 4.98 Å². The molecule has 0 radical (unpaired) electrons. The molecule has 2 aromatic carbocycles. The molecule has 0 aliphatic rings. The van der Waals surface area contributed by atoms with Gasteiger partial charge in [0.2, 0.25) is 5.78 Å². The maximum atomic E-state index is 12.2. The molecule has 0 unspecified atom stereocenters. The summed E-state index contributed by atoms with van der Waals surface area (Å²) in [6, 6.07) is 14.1. The van der Waals surface area contributed by atoms with Gasteiger partial charge in [0.05, 0.1) is 7.11 Å². The van der Waals surface area contributed by atoms with E-state index in [1.165, 1.54) is 0 Å². The molecule has 0 aliphatic carbocycles. The molecule has 0 saturated heterocycles. The molecule has 0 spiro atoms. The van der Waals surface area contributed by atoms with Crippen molar-refractivity contribution in [1.82, 2.24) is 4.98 Å². The zero-order chi connectivity index (χ0) is 13.2. The number of ketones is 1. The third kappa shape index (κ3) is 2.08. The van der Waals surface area contributed by atoms with Crippen LogP contribution in [0.4, 0.5) is 0 Å². The van der Waals surface area contributed by atoms with Crippen molar-refractivity contribution < 1.29 is 13.9 Å². The molecule has 94 valence electrons. The van der Waals surface area contributed by atoms with Crippen molar-refractivity contribution in [3.63, 3.8) is 0 Å². The highest BCUT2D eigenvalue weighted by Gasteiger charge is 2.16. The fraction of sp³-hybridized carbons (Fsp3) is 0.0667. The van der Waals surface area contributed by atoms with Crippen molar-refractivity contribution in [3.05, 3.63) is 60.0 Å². The lowest BCUT2D eigenvalue weighted by Gasteiger charge is -2.00. The Bertz CT molecular complexity index is 695. The van der Waals surface area contributed by atoms with Crippen LogP contribution < -0.4 is 4.74 Å². The van der Waals surface area contributed by atoms with E-state index >= 15 is 0 Å². The molecule has 0 atom stereocenters. The molecule has 0 fully saturated rings.